The molecule has 0 fully saturated rings. The Morgan fingerprint density at radius 3 is 0.324 bits per heavy atom. The standard InChI is InChI=1S/Al.K.4H2O4S.12H2O/c;;4*1-5(2,3)4;;;;;;;;;;;;/h;;4*(H2,1,2,3,4);12*1H2/q+3;+1;;;;;;;;;;;;;;;;/p-4. The molecule has 0 aliphatic rings. The molecule has 0 aromatic carbocycles. The Kier molecular flexibility index (Phi) is 243. The molecule has 28 nitrogen and oxygen atoms in total. The Labute approximate surface area is 243 Å². The monoisotopic (exact) mass is 670 g/mol. The topological polar surface area (TPSA) is 688 Å². The normalized spacial score (nSPS) is 6.82. The van der Waals surface area contributed by atoms with Crippen molar-refractivity contribution < 1.29 is 187 Å². The van der Waals surface area contributed by atoms with Crippen molar-refractivity contribution in [3.8, 4) is 0 Å². The largest absolute Gasteiger partial charge is 3.00 e. The molecular weight excluding hydrogens is 642 g/mol. The van der Waals surface area contributed by atoms with E-state index in [2.05, 4.69) is 0 Å². The smallest absolute Gasteiger partial charge is 0.726 e. The van der Waals surface area contributed by atoms with Gasteiger partial charge in [0.2, 0.25) is 41.6 Å². The zero-order valence-corrected chi connectivity index (χ0v) is 23.4. The predicted octanol–water partition coefficient (Wildman–Crippen LogP) is -17.3. The van der Waals surface area contributed by atoms with Gasteiger partial charge in [0.25, 0.3) is 0 Å². The van der Waals surface area contributed by atoms with E-state index in [0.717, 1.165) is 0 Å². The van der Waals surface area contributed by atoms with Gasteiger partial charge < -0.3 is 83.9 Å². The van der Waals surface area contributed by atoms with Crippen molar-refractivity contribution in [1.82, 2.24) is 0 Å². The minimum absolute atomic E-state index is 0. The molecule has 0 aliphatic heterocycles. The van der Waals surface area contributed by atoms with Crippen LogP contribution in [-0.4, -0.2) is 153 Å². The molecule has 0 bridgehead atoms. The van der Waals surface area contributed by atoms with Crippen molar-refractivity contribution in [2.75, 3.05) is 0 Å². The molecule has 0 atom stereocenters. The van der Waals surface area contributed by atoms with Crippen LogP contribution in [0.4, 0.5) is 0 Å². The van der Waals surface area contributed by atoms with Crippen molar-refractivity contribution in [3.63, 3.8) is 0 Å². The quantitative estimate of drug-likeness (QED) is 0.105. The van der Waals surface area contributed by atoms with Gasteiger partial charge in [-0.05, 0) is 0 Å². The Bertz CT molecular complexity index is 483. The van der Waals surface area contributed by atoms with Gasteiger partial charge in [0, 0.05) is 0 Å². The van der Waals surface area contributed by atoms with E-state index in [9.17, 15) is 0 Å². The minimum Gasteiger partial charge on any atom is -0.726 e. The molecule has 28 N–H and O–H groups in total. The van der Waals surface area contributed by atoms with Crippen molar-refractivity contribution in [2.24, 2.45) is 0 Å². The minimum atomic E-state index is -4.92. The molecule has 0 aromatic rings. The van der Waals surface area contributed by atoms with E-state index < -0.39 is 41.6 Å². The predicted molar refractivity (Wildman–Crippen MR) is 98.4 cm³/mol. The van der Waals surface area contributed by atoms with Gasteiger partial charge >= 0.3 is 68.7 Å². The fourth-order valence-corrected chi connectivity index (χ4v) is 0. The Morgan fingerprint density at radius 1 is 0.324 bits per heavy atom. The van der Waals surface area contributed by atoms with Crippen LogP contribution in [0, 0.1) is 0 Å². The van der Waals surface area contributed by atoms with E-state index in [1.165, 1.54) is 0 Å². The summed E-state index contributed by atoms with van der Waals surface area (Å²) < 4.78 is 131. The number of hydrogen-bond donors (Lipinski definition) is 4. The van der Waals surface area contributed by atoms with Gasteiger partial charge in [-0.1, -0.05) is 0 Å². The molecule has 0 radical (unpaired) electrons. The third-order valence-corrected chi connectivity index (χ3v) is 0. The van der Waals surface area contributed by atoms with Crippen molar-refractivity contribution in [2.45, 2.75) is 0 Å². The zero-order valence-electron chi connectivity index (χ0n) is 15.9. The summed E-state index contributed by atoms with van der Waals surface area (Å²) in [5.74, 6) is 0. The molecule has 224 valence electrons. The molecule has 34 heavy (non-hydrogen) atoms. The van der Waals surface area contributed by atoms with E-state index in [0.29, 0.717) is 0 Å². The molecule has 0 aromatic heterocycles. The van der Waals surface area contributed by atoms with E-state index in [4.69, 9.17) is 70.1 Å². The first kappa shape index (κ1) is 139. The molecular formula is H28AlKO28S4. The first-order valence-electron chi connectivity index (χ1n) is 2.73. The van der Waals surface area contributed by atoms with Crippen LogP contribution in [0.5, 0.6) is 0 Å². The van der Waals surface area contributed by atoms with E-state index >= 15 is 0 Å². The van der Waals surface area contributed by atoms with Crippen LogP contribution >= 0.6 is 0 Å². The second kappa shape index (κ2) is 59.3. The average molecular weight is 671 g/mol. The summed E-state index contributed by atoms with van der Waals surface area (Å²) in [6.45, 7) is 0. The molecule has 0 amide bonds. The van der Waals surface area contributed by atoms with Gasteiger partial charge in [-0.15, -0.1) is 0 Å². The van der Waals surface area contributed by atoms with Gasteiger partial charge in [-0.2, -0.15) is 0 Å². The van der Waals surface area contributed by atoms with E-state index in [1.807, 2.05) is 0 Å². The summed E-state index contributed by atoms with van der Waals surface area (Å²) >= 11 is 0. The second-order valence-corrected chi connectivity index (χ2v) is 5.13. The maximum atomic E-state index is 8.63. The van der Waals surface area contributed by atoms with Gasteiger partial charge in [0.05, 0.1) is 0 Å². The Balaban J connectivity index is -0.00000000552. The Morgan fingerprint density at radius 2 is 0.324 bits per heavy atom. The van der Waals surface area contributed by atoms with Crippen LogP contribution < -0.4 is 51.4 Å². The number of hydrogen-bond acceptors (Lipinski definition) is 12. The van der Waals surface area contributed by atoms with Gasteiger partial charge in [0.1, 0.15) is 0 Å². The average Bonchev–Trinajstić information content (AvgIpc) is 1.62. The van der Waals surface area contributed by atoms with Crippen molar-refractivity contribution in [3.05, 3.63) is 0 Å². The first-order chi connectivity index (χ1) is 8.00. The van der Waals surface area contributed by atoms with E-state index in [1.54, 1.807) is 0 Å². The van der Waals surface area contributed by atoms with Gasteiger partial charge in [0.15, 0.2) is 0 Å². The molecule has 0 saturated heterocycles. The molecule has 0 unspecified atom stereocenters. The van der Waals surface area contributed by atoms with Crippen LogP contribution in [0.2, 0.25) is 0 Å². The molecule has 0 rings (SSSR count). The molecule has 34 heteroatoms. The molecule has 0 heterocycles. The van der Waals surface area contributed by atoms with Gasteiger partial charge in [-0.3, -0.25) is 18.2 Å². The molecule has 0 aliphatic carbocycles. The van der Waals surface area contributed by atoms with Crippen LogP contribution in [0.25, 0.3) is 0 Å². The maximum absolute atomic E-state index is 8.63. The fourth-order valence-electron chi connectivity index (χ4n) is 0. The maximum Gasteiger partial charge on any atom is 3.00 e. The Hall–Kier alpha value is 1.17. The summed E-state index contributed by atoms with van der Waals surface area (Å²) in [5, 5.41) is 0. The summed E-state index contributed by atoms with van der Waals surface area (Å²) in [6, 6.07) is 0. The molecule has 0 spiro atoms. The fraction of sp³-hybridized carbons (Fsp3) is 0. The SMILES string of the molecule is O.O.O.O.O.O.O.O.O.O.O.O.O=S(=O)([O-])O.O=S(=O)([O-])O.O=S(=O)([O-])O.O=S(=O)([O-])O.[Al+3].[K+]. The first-order valence-corrected chi connectivity index (χ1v) is 8.19. The molecule has 0 saturated carbocycles. The van der Waals surface area contributed by atoms with Crippen LogP contribution in [-0.2, 0) is 41.6 Å². The van der Waals surface area contributed by atoms with Crippen molar-refractivity contribution >= 4 is 59.0 Å². The third kappa shape index (κ3) is 25100. The van der Waals surface area contributed by atoms with E-state index in [-0.39, 0.29) is 134 Å². The number of rotatable bonds is 0. The summed E-state index contributed by atoms with van der Waals surface area (Å²) in [6.07, 6.45) is 0. The van der Waals surface area contributed by atoms with Crippen LogP contribution in [0.15, 0.2) is 0 Å². The van der Waals surface area contributed by atoms with Crippen LogP contribution in [0.3, 0.4) is 0 Å². The summed E-state index contributed by atoms with van der Waals surface area (Å²) in [7, 11) is -19.7. The van der Waals surface area contributed by atoms with Gasteiger partial charge in [-0.25, -0.2) is 33.7 Å². The van der Waals surface area contributed by atoms with Crippen molar-refractivity contribution in [1.29, 1.82) is 0 Å². The zero-order chi connectivity index (χ0) is 18.0. The third-order valence-electron chi connectivity index (χ3n) is 0. The van der Waals surface area contributed by atoms with Crippen LogP contribution in [0.1, 0.15) is 0 Å². The summed E-state index contributed by atoms with van der Waals surface area (Å²) in [5.41, 5.74) is 0. The second-order valence-electron chi connectivity index (χ2n) is 1.71. The summed E-state index contributed by atoms with van der Waals surface area (Å²) in [4.78, 5) is 0.